The van der Waals surface area contributed by atoms with Crippen LogP contribution in [0.15, 0.2) is 24.3 Å². The van der Waals surface area contributed by atoms with Crippen molar-refractivity contribution in [2.45, 2.75) is 19.4 Å². The number of ether oxygens (including phenoxy) is 1. The van der Waals surface area contributed by atoms with Gasteiger partial charge in [-0.25, -0.2) is 13.1 Å². The van der Waals surface area contributed by atoms with E-state index in [1.165, 1.54) is 0 Å². The van der Waals surface area contributed by atoms with E-state index < -0.39 is 10.0 Å². The molecule has 0 radical (unpaired) electrons. The van der Waals surface area contributed by atoms with E-state index in [9.17, 15) is 8.42 Å². The summed E-state index contributed by atoms with van der Waals surface area (Å²) in [5.41, 5.74) is 5.96. The van der Waals surface area contributed by atoms with Crippen molar-refractivity contribution in [3.05, 3.63) is 24.3 Å². The average molecular weight is 315 g/mol. The summed E-state index contributed by atoms with van der Waals surface area (Å²) in [5, 5.41) is 0. The van der Waals surface area contributed by atoms with Gasteiger partial charge in [0.05, 0.1) is 5.75 Å². The highest BCUT2D eigenvalue weighted by atomic mass is 32.2. The van der Waals surface area contributed by atoms with Gasteiger partial charge in [0.2, 0.25) is 10.0 Å². The lowest BCUT2D eigenvalue weighted by Crippen LogP contribution is -2.48. The predicted molar refractivity (Wildman–Crippen MR) is 85.9 cm³/mol. The molecule has 7 heteroatoms. The van der Waals surface area contributed by atoms with Crippen molar-refractivity contribution in [2.24, 2.45) is 0 Å². The number of nitrogens with zero attached hydrogens (tertiary/aromatic N) is 1. The van der Waals surface area contributed by atoms with Crippen LogP contribution in [-0.2, 0) is 10.0 Å². The average Bonchev–Trinajstić information content (AvgIpc) is 2.39. The summed E-state index contributed by atoms with van der Waals surface area (Å²) in [6.07, 6.45) is 0. The molecule has 0 amide bonds. The fourth-order valence-corrected chi connectivity index (χ4v) is 2.37. The normalized spacial score (nSPS) is 12.6. The van der Waals surface area contributed by atoms with Gasteiger partial charge in [0.1, 0.15) is 12.4 Å². The van der Waals surface area contributed by atoms with E-state index in [0.717, 1.165) is 0 Å². The summed E-state index contributed by atoms with van der Waals surface area (Å²) < 4.78 is 31.8. The first-order valence-electron chi connectivity index (χ1n) is 6.75. The van der Waals surface area contributed by atoms with Gasteiger partial charge in [-0.05, 0) is 52.2 Å². The minimum Gasteiger partial charge on any atom is -0.492 e. The largest absolute Gasteiger partial charge is 0.492 e. The van der Waals surface area contributed by atoms with Crippen LogP contribution in [-0.4, -0.2) is 51.9 Å². The Morgan fingerprint density at radius 2 is 1.81 bits per heavy atom. The number of nitrogens with two attached hydrogens (primary N) is 1. The summed E-state index contributed by atoms with van der Waals surface area (Å²) >= 11 is 0. The van der Waals surface area contributed by atoms with Gasteiger partial charge in [-0.15, -0.1) is 0 Å². The molecule has 0 unspecified atom stereocenters. The highest BCUT2D eigenvalue weighted by Gasteiger charge is 2.23. The summed E-state index contributed by atoms with van der Waals surface area (Å²) in [4.78, 5) is 1.97. The van der Waals surface area contributed by atoms with Gasteiger partial charge in [-0.1, -0.05) is 0 Å². The lowest BCUT2D eigenvalue weighted by molar-refractivity contribution is 0.198. The van der Waals surface area contributed by atoms with Crippen molar-refractivity contribution in [1.82, 2.24) is 9.62 Å². The molecule has 0 bridgehead atoms. The van der Waals surface area contributed by atoms with E-state index in [4.69, 9.17) is 10.5 Å². The second kappa shape index (κ2) is 7.11. The molecule has 0 spiro atoms. The third kappa shape index (κ3) is 6.33. The smallest absolute Gasteiger partial charge is 0.215 e. The van der Waals surface area contributed by atoms with Crippen LogP contribution >= 0.6 is 0 Å². The number of benzene rings is 1. The Morgan fingerprint density at radius 3 is 2.33 bits per heavy atom. The summed E-state index contributed by atoms with van der Waals surface area (Å²) in [7, 11) is 0.477. The van der Waals surface area contributed by atoms with Crippen LogP contribution in [0.4, 0.5) is 5.69 Å². The molecule has 0 saturated carbocycles. The molecule has 3 N–H and O–H groups in total. The molecule has 120 valence electrons. The van der Waals surface area contributed by atoms with Crippen molar-refractivity contribution in [3.63, 3.8) is 0 Å². The third-order valence-electron chi connectivity index (χ3n) is 3.44. The first-order chi connectivity index (χ1) is 9.62. The molecule has 0 heterocycles. The topological polar surface area (TPSA) is 84.7 Å². The Morgan fingerprint density at radius 1 is 1.24 bits per heavy atom. The zero-order valence-corrected chi connectivity index (χ0v) is 13.9. The fourth-order valence-electron chi connectivity index (χ4n) is 1.35. The number of sulfonamides is 1. The van der Waals surface area contributed by atoms with Crippen molar-refractivity contribution in [1.29, 1.82) is 0 Å². The zero-order chi connectivity index (χ0) is 16.1. The summed E-state index contributed by atoms with van der Waals surface area (Å²) in [6, 6.07) is 6.85. The van der Waals surface area contributed by atoms with E-state index in [-0.39, 0.29) is 17.9 Å². The molecule has 21 heavy (non-hydrogen) atoms. The second-order valence-electron chi connectivity index (χ2n) is 5.76. The van der Waals surface area contributed by atoms with Gasteiger partial charge >= 0.3 is 0 Å². The predicted octanol–water partition coefficient (Wildman–Crippen LogP) is 0.907. The Bertz CT molecular complexity index is 539. The minimum atomic E-state index is -3.35. The molecule has 0 aliphatic heterocycles. The van der Waals surface area contributed by atoms with E-state index in [0.29, 0.717) is 18.0 Å². The van der Waals surface area contributed by atoms with Crippen molar-refractivity contribution in [2.75, 3.05) is 38.7 Å². The molecule has 1 aromatic carbocycles. The standard InChI is InChI=1S/C14H25N3O3S/c1-14(2,17(3)4)11-16-21(18,19)10-9-20-13-7-5-12(15)6-8-13/h5-8,16H,9-11,15H2,1-4H3. The quantitative estimate of drug-likeness (QED) is 0.697. The number of nitrogen functional groups attached to an aromatic ring is 1. The summed E-state index contributed by atoms with van der Waals surface area (Å²) in [5.74, 6) is 0.522. The van der Waals surface area contributed by atoms with Gasteiger partial charge in [-0.2, -0.15) is 0 Å². The molecule has 0 saturated heterocycles. The lowest BCUT2D eigenvalue weighted by atomic mass is 10.1. The number of rotatable bonds is 8. The monoisotopic (exact) mass is 315 g/mol. The molecule has 0 atom stereocenters. The van der Waals surface area contributed by atoms with Gasteiger partial charge < -0.3 is 15.4 Å². The molecule has 6 nitrogen and oxygen atoms in total. The lowest BCUT2D eigenvalue weighted by Gasteiger charge is -2.32. The van der Waals surface area contributed by atoms with E-state index >= 15 is 0 Å². The van der Waals surface area contributed by atoms with E-state index in [1.54, 1.807) is 24.3 Å². The van der Waals surface area contributed by atoms with Crippen LogP contribution < -0.4 is 15.2 Å². The zero-order valence-electron chi connectivity index (χ0n) is 13.1. The Labute approximate surface area is 127 Å². The van der Waals surface area contributed by atoms with E-state index in [1.807, 2.05) is 32.8 Å². The van der Waals surface area contributed by atoms with Crippen molar-refractivity contribution >= 4 is 15.7 Å². The van der Waals surface area contributed by atoms with E-state index in [2.05, 4.69) is 4.72 Å². The van der Waals surface area contributed by atoms with Gasteiger partial charge in [-0.3, -0.25) is 0 Å². The minimum absolute atomic E-state index is 0.0825. The molecule has 0 aliphatic carbocycles. The number of hydrogen-bond acceptors (Lipinski definition) is 5. The molecular weight excluding hydrogens is 290 g/mol. The van der Waals surface area contributed by atoms with Crippen LogP contribution in [0.25, 0.3) is 0 Å². The first-order valence-corrected chi connectivity index (χ1v) is 8.41. The fraction of sp³-hybridized carbons (Fsp3) is 0.571. The highest BCUT2D eigenvalue weighted by molar-refractivity contribution is 7.89. The first kappa shape index (κ1) is 17.7. The maximum atomic E-state index is 11.9. The van der Waals surface area contributed by atoms with Crippen LogP contribution in [0, 0.1) is 0 Å². The Kier molecular flexibility index (Phi) is 6.00. The SMILES string of the molecule is CN(C)C(C)(C)CNS(=O)(=O)CCOc1ccc(N)cc1. The highest BCUT2D eigenvalue weighted by Crippen LogP contribution is 2.13. The number of anilines is 1. The van der Waals surface area contributed by atoms with Gasteiger partial charge in [0.25, 0.3) is 0 Å². The second-order valence-corrected chi connectivity index (χ2v) is 7.69. The van der Waals surface area contributed by atoms with Crippen molar-refractivity contribution in [3.8, 4) is 5.75 Å². The molecule has 0 aliphatic rings. The maximum Gasteiger partial charge on any atom is 0.215 e. The van der Waals surface area contributed by atoms with Crippen molar-refractivity contribution < 1.29 is 13.2 Å². The van der Waals surface area contributed by atoms with Crippen LogP contribution in [0.3, 0.4) is 0 Å². The maximum absolute atomic E-state index is 11.9. The third-order valence-corrected chi connectivity index (χ3v) is 4.72. The number of nitrogens with one attached hydrogen (secondary N) is 1. The van der Waals surface area contributed by atoms with Crippen LogP contribution in [0.2, 0.25) is 0 Å². The number of likely N-dealkylation sites (N-methyl/N-ethyl adjacent to an activating group) is 1. The Balaban J connectivity index is 2.41. The molecule has 0 fully saturated rings. The molecular formula is C14H25N3O3S. The van der Waals surface area contributed by atoms with Gasteiger partial charge in [0.15, 0.2) is 0 Å². The molecule has 1 aromatic rings. The Hall–Kier alpha value is -1.31. The molecule has 1 rings (SSSR count). The van der Waals surface area contributed by atoms with Gasteiger partial charge in [0, 0.05) is 17.8 Å². The van der Waals surface area contributed by atoms with Crippen LogP contribution in [0.5, 0.6) is 5.75 Å². The summed E-state index contributed by atoms with van der Waals surface area (Å²) in [6.45, 7) is 4.40. The van der Waals surface area contributed by atoms with Crippen LogP contribution in [0.1, 0.15) is 13.8 Å². The number of hydrogen-bond donors (Lipinski definition) is 2. The molecule has 0 aromatic heterocycles.